The van der Waals surface area contributed by atoms with Crippen molar-refractivity contribution in [3.63, 3.8) is 0 Å². The molecule has 152 valence electrons. The minimum Gasteiger partial charge on any atom is -0.493 e. The Morgan fingerprint density at radius 1 is 1.07 bits per heavy atom. The van der Waals surface area contributed by atoms with E-state index in [4.69, 9.17) is 13.9 Å². The average Bonchev–Trinajstić information content (AvgIpc) is 3.21. The van der Waals surface area contributed by atoms with E-state index in [0.29, 0.717) is 17.1 Å². The molecule has 1 heterocycles. The summed E-state index contributed by atoms with van der Waals surface area (Å²) in [6.07, 6.45) is 0. The summed E-state index contributed by atoms with van der Waals surface area (Å²) in [5, 5.41) is 10.2. The molecule has 0 aliphatic rings. The van der Waals surface area contributed by atoms with E-state index in [2.05, 4.69) is 15.5 Å². The Balaban J connectivity index is 1.80. The van der Waals surface area contributed by atoms with Crippen molar-refractivity contribution in [1.82, 2.24) is 10.2 Å². The molecule has 0 saturated carbocycles. The number of aromatic nitrogens is 2. The number of rotatable bonds is 7. The highest BCUT2D eigenvalue weighted by atomic mass is 32.2. The fourth-order valence-corrected chi connectivity index (χ4v) is 3.45. The first-order valence-electron chi connectivity index (χ1n) is 8.58. The van der Waals surface area contributed by atoms with Gasteiger partial charge >= 0.3 is 6.01 Å². The van der Waals surface area contributed by atoms with Gasteiger partial charge in [0, 0.05) is 11.1 Å². The first-order valence-corrected chi connectivity index (χ1v) is 10.2. The van der Waals surface area contributed by atoms with Crippen molar-refractivity contribution in [2.75, 3.05) is 25.3 Å². The van der Waals surface area contributed by atoms with Gasteiger partial charge in [0.05, 0.1) is 24.9 Å². The second-order valence-electron chi connectivity index (χ2n) is 5.87. The van der Waals surface area contributed by atoms with Gasteiger partial charge in [0.15, 0.2) is 21.3 Å². The Kier molecular flexibility index (Phi) is 5.83. The van der Waals surface area contributed by atoms with Crippen molar-refractivity contribution >= 4 is 21.8 Å². The fourth-order valence-electron chi connectivity index (χ4n) is 2.53. The number of anilines is 1. The number of hydrogen-bond donors (Lipinski definition) is 1. The van der Waals surface area contributed by atoms with Gasteiger partial charge in [-0.3, -0.25) is 10.1 Å². The van der Waals surface area contributed by atoms with Crippen LogP contribution in [0.15, 0.2) is 51.8 Å². The SMILES string of the molecule is CCS(=O)(=O)c1cccc(C(=O)Nc2nnc(-c3ccc(OC)c(OC)c3)o2)c1. The maximum absolute atomic E-state index is 12.4. The Labute approximate surface area is 167 Å². The van der Waals surface area contributed by atoms with Crippen molar-refractivity contribution in [1.29, 1.82) is 0 Å². The van der Waals surface area contributed by atoms with Crippen LogP contribution in [0.25, 0.3) is 11.5 Å². The lowest BCUT2D eigenvalue weighted by molar-refractivity contribution is 0.102. The molecule has 0 aliphatic carbocycles. The second kappa shape index (κ2) is 8.31. The molecule has 1 N–H and O–H groups in total. The zero-order chi connectivity index (χ0) is 21.0. The highest BCUT2D eigenvalue weighted by molar-refractivity contribution is 7.91. The number of nitrogens with zero attached hydrogens (tertiary/aromatic N) is 2. The van der Waals surface area contributed by atoms with Crippen LogP contribution in [-0.2, 0) is 9.84 Å². The topological polar surface area (TPSA) is 121 Å². The Bertz CT molecular complexity index is 1140. The van der Waals surface area contributed by atoms with Crippen LogP contribution in [-0.4, -0.2) is 44.5 Å². The number of carbonyl (C=O) groups excluding carboxylic acids is 1. The van der Waals surface area contributed by atoms with Crippen molar-refractivity contribution < 1.29 is 27.1 Å². The summed E-state index contributed by atoms with van der Waals surface area (Å²) < 4.78 is 39.9. The summed E-state index contributed by atoms with van der Waals surface area (Å²) in [6.45, 7) is 1.54. The van der Waals surface area contributed by atoms with E-state index in [1.54, 1.807) is 18.2 Å². The lowest BCUT2D eigenvalue weighted by Crippen LogP contribution is -2.13. The van der Waals surface area contributed by atoms with E-state index in [0.717, 1.165) is 0 Å². The molecule has 29 heavy (non-hydrogen) atoms. The summed E-state index contributed by atoms with van der Waals surface area (Å²) in [5.41, 5.74) is 0.733. The minimum absolute atomic E-state index is 0.0591. The van der Waals surface area contributed by atoms with E-state index >= 15 is 0 Å². The molecule has 0 saturated heterocycles. The lowest BCUT2D eigenvalue weighted by Gasteiger charge is -2.07. The number of nitrogens with one attached hydrogen (secondary N) is 1. The molecule has 0 unspecified atom stereocenters. The molecule has 1 aromatic heterocycles. The number of ether oxygens (including phenoxy) is 2. The normalized spacial score (nSPS) is 11.1. The number of sulfone groups is 1. The monoisotopic (exact) mass is 417 g/mol. The third-order valence-electron chi connectivity index (χ3n) is 4.11. The first-order chi connectivity index (χ1) is 13.9. The largest absolute Gasteiger partial charge is 0.493 e. The predicted octanol–water partition coefficient (Wildman–Crippen LogP) is 2.80. The molecule has 10 heteroatoms. The molecule has 1 amide bonds. The molecular weight excluding hydrogens is 398 g/mol. The van der Waals surface area contributed by atoms with Crippen molar-refractivity contribution in [3.8, 4) is 23.0 Å². The van der Waals surface area contributed by atoms with Crippen molar-refractivity contribution in [2.45, 2.75) is 11.8 Å². The number of methoxy groups -OCH3 is 2. The van der Waals surface area contributed by atoms with Crippen molar-refractivity contribution in [2.24, 2.45) is 0 Å². The summed E-state index contributed by atoms with van der Waals surface area (Å²) in [4.78, 5) is 12.5. The lowest BCUT2D eigenvalue weighted by atomic mass is 10.2. The molecule has 0 atom stereocenters. The third kappa shape index (κ3) is 4.37. The average molecular weight is 417 g/mol. The standard InChI is InChI=1S/C19H19N3O6S/c1-4-29(24,25)14-7-5-6-12(10-14)17(23)20-19-22-21-18(28-19)13-8-9-15(26-2)16(11-13)27-3/h5-11H,4H2,1-3H3,(H,20,22,23). The summed E-state index contributed by atoms with van der Waals surface area (Å²) in [5.74, 6) is 0.578. The van der Waals surface area contributed by atoms with Gasteiger partial charge in [-0.15, -0.1) is 5.10 Å². The first kappa shape index (κ1) is 20.3. The quantitative estimate of drug-likeness (QED) is 0.623. The van der Waals surface area contributed by atoms with Gasteiger partial charge in [0.25, 0.3) is 5.91 Å². The van der Waals surface area contributed by atoms with Crippen LogP contribution < -0.4 is 14.8 Å². The highest BCUT2D eigenvalue weighted by Crippen LogP contribution is 2.32. The molecule has 0 bridgehead atoms. The van der Waals surface area contributed by atoms with Gasteiger partial charge < -0.3 is 13.9 Å². The Morgan fingerprint density at radius 3 is 2.52 bits per heavy atom. The maximum atomic E-state index is 12.4. The van der Waals surface area contributed by atoms with Gasteiger partial charge in [0.2, 0.25) is 5.89 Å². The van der Waals surface area contributed by atoms with Gasteiger partial charge in [-0.25, -0.2) is 8.42 Å². The van der Waals surface area contributed by atoms with Gasteiger partial charge in [0.1, 0.15) is 0 Å². The van der Waals surface area contributed by atoms with E-state index in [1.807, 2.05) is 0 Å². The Hall–Kier alpha value is -3.40. The van der Waals surface area contributed by atoms with Crippen LogP contribution >= 0.6 is 0 Å². The molecule has 2 aromatic carbocycles. The summed E-state index contributed by atoms with van der Waals surface area (Å²) in [6, 6.07) is 10.7. The van der Waals surface area contributed by atoms with Crippen LogP contribution in [0.3, 0.4) is 0 Å². The smallest absolute Gasteiger partial charge is 0.322 e. The summed E-state index contributed by atoms with van der Waals surface area (Å²) in [7, 11) is -0.391. The minimum atomic E-state index is -3.42. The number of amides is 1. The number of carbonyl (C=O) groups is 1. The van der Waals surface area contributed by atoms with Gasteiger partial charge in [-0.2, -0.15) is 0 Å². The third-order valence-corrected chi connectivity index (χ3v) is 5.84. The van der Waals surface area contributed by atoms with E-state index < -0.39 is 15.7 Å². The second-order valence-corrected chi connectivity index (χ2v) is 8.15. The van der Waals surface area contributed by atoms with Crippen LogP contribution in [0.1, 0.15) is 17.3 Å². The zero-order valence-corrected chi connectivity index (χ0v) is 16.8. The van der Waals surface area contributed by atoms with E-state index in [9.17, 15) is 13.2 Å². The molecule has 3 aromatic rings. The van der Waals surface area contributed by atoms with E-state index in [1.165, 1.54) is 45.4 Å². The van der Waals surface area contributed by atoms with E-state index in [-0.39, 0.29) is 28.1 Å². The van der Waals surface area contributed by atoms with Crippen LogP contribution in [0.5, 0.6) is 11.5 Å². The zero-order valence-electron chi connectivity index (χ0n) is 16.0. The molecule has 0 radical (unpaired) electrons. The molecule has 0 fully saturated rings. The van der Waals surface area contributed by atoms with Crippen LogP contribution in [0.4, 0.5) is 6.01 Å². The number of hydrogen-bond acceptors (Lipinski definition) is 8. The molecule has 3 rings (SSSR count). The van der Waals surface area contributed by atoms with Crippen LogP contribution in [0, 0.1) is 0 Å². The summed E-state index contributed by atoms with van der Waals surface area (Å²) >= 11 is 0. The Morgan fingerprint density at radius 2 is 1.83 bits per heavy atom. The fraction of sp³-hybridized carbons (Fsp3) is 0.211. The molecule has 0 aliphatic heterocycles. The predicted molar refractivity (Wildman–Crippen MR) is 105 cm³/mol. The highest BCUT2D eigenvalue weighted by Gasteiger charge is 2.17. The number of benzene rings is 2. The molecular formula is C19H19N3O6S. The molecule has 0 spiro atoms. The van der Waals surface area contributed by atoms with Crippen LogP contribution in [0.2, 0.25) is 0 Å². The maximum Gasteiger partial charge on any atom is 0.322 e. The van der Waals surface area contributed by atoms with Gasteiger partial charge in [-0.1, -0.05) is 18.1 Å². The van der Waals surface area contributed by atoms with Gasteiger partial charge in [-0.05, 0) is 36.4 Å². The molecule has 9 nitrogen and oxygen atoms in total. The van der Waals surface area contributed by atoms with Crippen molar-refractivity contribution in [3.05, 3.63) is 48.0 Å².